The highest BCUT2D eigenvalue weighted by molar-refractivity contribution is 5.21. The molecular formula is C15H22F2N2O. The van der Waals surface area contributed by atoms with Crippen LogP contribution in [0.5, 0.6) is 0 Å². The van der Waals surface area contributed by atoms with E-state index in [1.165, 1.54) is 0 Å². The number of aliphatic hydroxyl groups is 1. The van der Waals surface area contributed by atoms with Crippen LogP contribution in [0, 0.1) is 11.6 Å². The maximum atomic E-state index is 13.6. The molecule has 2 rings (SSSR count). The lowest BCUT2D eigenvalue weighted by Crippen LogP contribution is -2.46. The summed E-state index contributed by atoms with van der Waals surface area (Å²) >= 11 is 0. The smallest absolute Gasteiger partial charge is 0.129 e. The summed E-state index contributed by atoms with van der Waals surface area (Å²) in [7, 11) is 4.08. The minimum absolute atomic E-state index is 0.0389. The van der Waals surface area contributed by atoms with Crippen molar-refractivity contribution >= 4 is 0 Å². The fourth-order valence-corrected chi connectivity index (χ4v) is 2.73. The van der Waals surface area contributed by atoms with Gasteiger partial charge in [-0.25, -0.2) is 8.78 Å². The Kier molecular flexibility index (Phi) is 5.07. The minimum Gasteiger partial charge on any atom is -0.387 e. The molecule has 2 unspecified atom stereocenters. The van der Waals surface area contributed by atoms with Gasteiger partial charge in [0.1, 0.15) is 11.6 Å². The van der Waals surface area contributed by atoms with Gasteiger partial charge in [0.2, 0.25) is 0 Å². The third-order valence-electron chi connectivity index (χ3n) is 3.96. The Morgan fingerprint density at radius 3 is 2.85 bits per heavy atom. The highest BCUT2D eigenvalue weighted by Gasteiger charge is 2.24. The number of piperidine rings is 1. The van der Waals surface area contributed by atoms with E-state index in [1.54, 1.807) is 0 Å². The predicted molar refractivity (Wildman–Crippen MR) is 74.5 cm³/mol. The molecule has 0 spiro atoms. The first-order valence-corrected chi connectivity index (χ1v) is 6.99. The van der Waals surface area contributed by atoms with Crippen molar-refractivity contribution in [1.82, 2.24) is 9.80 Å². The summed E-state index contributed by atoms with van der Waals surface area (Å²) in [5, 5.41) is 10.1. The van der Waals surface area contributed by atoms with E-state index in [0.717, 1.165) is 44.1 Å². The number of nitrogens with zero attached hydrogens (tertiary/aromatic N) is 2. The average Bonchev–Trinajstić information content (AvgIpc) is 2.41. The van der Waals surface area contributed by atoms with E-state index in [1.807, 2.05) is 14.1 Å². The number of rotatable bonds is 4. The molecule has 0 saturated carbocycles. The molecule has 0 aliphatic carbocycles. The number of halogens is 2. The Balaban J connectivity index is 2.00. The molecule has 1 aliphatic rings. The number of benzene rings is 1. The van der Waals surface area contributed by atoms with E-state index in [9.17, 15) is 13.9 Å². The SMILES string of the molecule is CN(C)C1CCCN(CC(O)c2cc(F)ccc2F)C1. The Bertz CT molecular complexity index is 453. The molecular weight excluding hydrogens is 262 g/mol. The molecule has 1 heterocycles. The van der Waals surface area contributed by atoms with Crippen LogP contribution in [0.1, 0.15) is 24.5 Å². The van der Waals surface area contributed by atoms with E-state index >= 15 is 0 Å². The first-order chi connectivity index (χ1) is 9.47. The molecule has 20 heavy (non-hydrogen) atoms. The number of likely N-dealkylation sites (tertiary alicyclic amines) is 1. The lowest BCUT2D eigenvalue weighted by molar-refractivity contribution is 0.0703. The fourth-order valence-electron chi connectivity index (χ4n) is 2.73. The van der Waals surface area contributed by atoms with Gasteiger partial charge < -0.3 is 10.0 Å². The van der Waals surface area contributed by atoms with Crippen molar-refractivity contribution in [2.24, 2.45) is 0 Å². The second-order valence-corrected chi connectivity index (χ2v) is 5.70. The molecule has 0 amide bonds. The van der Waals surface area contributed by atoms with Gasteiger partial charge in [0.15, 0.2) is 0 Å². The van der Waals surface area contributed by atoms with Crippen LogP contribution in [0.2, 0.25) is 0 Å². The zero-order chi connectivity index (χ0) is 14.7. The van der Waals surface area contributed by atoms with Crippen molar-refractivity contribution in [3.63, 3.8) is 0 Å². The zero-order valence-corrected chi connectivity index (χ0v) is 12.0. The Hall–Kier alpha value is -1.04. The summed E-state index contributed by atoms with van der Waals surface area (Å²) in [6.45, 7) is 2.07. The molecule has 1 aliphatic heterocycles. The summed E-state index contributed by atoms with van der Waals surface area (Å²) in [6.07, 6.45) is 1.20. The van der Waals surface area contributed by atoms with E-state index < -0.39 is 17.7 Å². The van der Waals surface area contributed by atoms with Crippen LogP contribution < -0.4 is 0 Å². The average molecular weight is 284 g/mol. The number of hydrogen-bond acceptors (Lipinski definition) is 3. The topological polar surface area (TPSA) is 26.7 Å². The number of hydrogen-bond donors (Lipinski definition) is 1. The number of β-amino-alcohol motifs (C(OH)–C–C–N with tert-alkyl or cyclic N) is 1. The third-order valence-corrected chi connectivity index (χ3v) is 3.96. The molecule has 1 aromatic rings. The first kappa shape index (κ1) is 15.4. The van der Waals surface area contributed by atoms with E-state index in [4.69, 9.17) is 0 Å². The van der Waals surface area contributed by atoms with Crippen LogP contribution in [0.25, 0.3) is 0 Å². The zero-order valence-electron chi connectivity index (χ0n) is 12.0. The molecule has 1 aromatic carbocycles. The van der Waals surface area contributed by atoms with Crippen molar-refractivity contribution in [2.75, 3.05) is 33.7 Å². The summed E-state index contributed by atoms with van der Waals surface area (Å²) in [5.74, 6) is -1.08. The molecule has 112 valence electrons. The highest BCUT2D eigenvalue weighted by atomic mass is 19.1. The van der Waals surface area contributed by atoms with Crippen LogP contribution >= 0.6 is 0 Å². The molecule has 5 heteroatoms. The molecule has 0 bridgehead atoms. The summed E-state index contributed by atoms with van der Waals surface area (Å²) < 4.78 is 26.8. The van der Waals surface area contributed by atoms with E-state index in [0.29, 0.717) is 12.6 Å². The second-order valence-electron chi connectivity index (χ2n) is 5.70. The molecule has 1 saturated heterocycles. The van der Waals surface area contributed by atoms with Gasteiger partial charge in [-0.3, -0.25) is 4.90 Å². The standard InChI is InChI=1S/C15H22F2N2O/c1-18(2)12-4-3-7-19(9-12)10-15(20)13-8-11(16)5-6-14(13)17/h5-6,8,12,15,20H,3-4,7,9-10H2,1-2H3. The maximum absolute atomic E-state index is 13.6. The molecule has 3 nitrogen and oxygen atoms in total. The van der Waals surface area contributed by atoms with Crippen LogP contribution in [-0.4, -0.2) is 54.7 Å². The summed E-state index contributed by atoms with van der Waals surface area (Å²) in [6, 6.07) is 3.66. The number of aliphatic hydroxyl groups excluding tert-OH is 1. The van der Waals surface area contributed by atoms with E-state index in [-0.39, 0.29) is 5.56 Å². The predicted octanol–water partition coefficient (Wildman–Crippen LogP) is 2.02. The fraction of sp³-hybridized carbons (Fsp3) is 0.600. The van der Waals surface area contributed by atoms with Gasteiger partial charge in [-0.1, -0.05) is 0 Å². The van der Waals surface area contributed by atoms with Gasteiger partial charge in [0, 0.05) is 24.7 Å². The van der Waals surface area contributed by atoms with Gasteiger partial charge in [0.25, 0.3) is 0 Å². The largest absolute Gasteiger partial charge is 0.387 e. The summed E-state index contributed by atoms with van der Waals surface area (Å²) in [5.41, 5.74) is 0.0389. The minimum atomic E-state index is -0.994. The number of likely N-dealkylation sites (N-methyl/N-ethyl adjacent to an activating group) is 1. The van der Waals surface area contributed by atoms with Crippen molar-refractivity contribution in [3.05, 3.63) is 35.4 Å². The van der Waals surface area contributed by atoms with Crippen LogP contribution in [0.4, 0.5) is 8.78 Å². The highest BCUT2D eigenvalue weighted by Crippen LogP contribution is 2.22. The summed E-state index contributed by atoms with van der Waals surface area (Å²) in [4.78, 5) is 4.28. The quantitative estimate of drug-likeness (QED) is 0.916. The van der Waals surface area contributed by atoms with Crippen molar-refractivity contribution in [2.45, 2.75) is 25.0 Å². The Labute approximate surface area is 118 Å². The Morgan fingerprint density at radius 1 is 1.40 bits per heavy atom. The van der Waals surface area contributed by atoms with Crippen LogP contribution in [-0.2, 0) is 0 Å². The van der Waals surface area contributed by atoms with Crippen molar-refractivity contribution in [3.8, 4) is 0 Å². The van der Waals surface area contributed by atoms with Gasteiger partial charge in [-0.15, -0.1) is 0 Å². The lowest BCUT2D eigenvalue weighted by atomic mass is 10.0. The lowest BCUT2D eigenvalue weighted by Gasteiger charge is -2.37. The maximum Gasteiger partial charge on any atom is 0.129 e. The van der Waals surface area contributed by atoms with Gasteiger partial charge >= 0.3 is 0 Å². The molecule has 1 fully saturated rings. The van der Waals surface area contributed by atoms with Crippen molar-refractivity contribution in [1.29, 1.82) is 0 Å². The van der Waals surface area contributed by atoms with E-state index in [2.05, 4.69) is 9.80 Å². The second kappa shape index (κ2) is 6.61. The normalized spacial score (nSPS) is 22.2. The molecule has 1 N–H and O–H groups in total. The monoisotopic (exact) mass is 284 g/mol. The first-order valence-electron chi connectivity index (χ1n) is 6.99. The Morgan fingerprint density at radius 2 is 2.15 bits per heavy atom. The third kappa shape index (κ3) is 3.75. The molecule has 0 aromatic heterocycles. The molecule has 0 radical (unpaired) electrons. The van der Waals surface area contributed by atoms with Gasteiger partial charge in [-0.05, 0) is 51.7 Å². The molecule has 2 atom stereocenters. The van der Waals surface area contributed by atoms with Gasteiger partial charge in [0.05, 0.1) is 6.10 Å². The van der Waals surface area contributed by atoms with Crippen molar-refractivity contribution < 1.29 is 13.9 Å². The van der Waals surface area contributed by atoms with Crippen LogP contribution in [0.15, 0.2) is 18.2 Å². The van der Waals surface area contributed by atoms with Crippen LogP contribution in [0.3, 0.4) is 0 Å². The van der Waals surface area contributed by atoms with Gasteiger partial charge in [-0.2, -0.15) is 0 Å².